The maximum Gasteiger partial charge on any atom is 0.306 e. The van der Waals surface area contributed by atoms with Crippen LogP contribution in [0.15, 0.2) is 11.6 Å². The normalized spacial score (nSPS) is 27.2. The highest BCUT2D eigenvalue weighted by Crippen LogP contribution is 2.27. The summed E-state index contributed by atoms with van der Waals surface area (Å²) < 4.78 is 5.38. The molecule has 1 aliphatic carbocycles. The first-order valence-corrected chi connectivity index (χ1v) is 7.36. The Bertz CT molecular complexity index is 395. The molecule has 5 heteroatoms. The van der Waals surface area contributed by atoms with Crippen molar-refractivity contribution in [1.29, 1.82) is 0 Å². The monoisotopic (exact) mass is 281 g/mol. The summed E-state index contributed by atoms with van der Waals surface area (Å²) in [6.45, 7) is 3.60. The Kier molecular flexibility index (Phi) is 5.17. The first-order chi connectivity index (χ1) is 9.54. The van der Waals surface area contributed by atoms with Crippen LogP contribution in [0.5, 0.6) is 0 Å². The van der Waals surface area contributed by atoms with Gasteiger partial charge in [-0.05, 0) is 31.6 Å². The molecule has 1 heterocycles. The van der Waals surface area contributed by atoms with Gasteiger partial charge in [-0.2, -0.15) is 0 Å². The average molecular weight is 281 g/mol. The Balaban J connectivity index is 1.88. The van der Waals surface area contributed by atoms with Crippen molar-refractivity contribution in [3.63, 3.8) is 0 Å². The van der Waals surface area contributed by atoms with E-state index >= 15 is 0 Å². The molecule has 1 amide bonds. The lowest BCUT2D eigenvalue weighted by Gasteiger charge is -2.32. The van der Waals surface area contributed by atoms with E-state index < -0.39 is 5.97 Å². The summed E-state index contributed by atoms with van der Waals surface area (Å²) in [4.78, 5) is 24.6. The predicted octanol–water partition coefficient (Wildman–Crippen LogP) is 1.82. The molecule has 20 heavy (non-hydrogen) atoms. The zero-order valence-electron chi connectivity index (χ0n) is 12.0. The molecule has 0 aromatic carbocycles. The predicted molar refractivity (Wildman–Crippen MR) is 74.3 cm³/mol. The number of hydrogen-bond acceptors (Lipinski definition) is 3. The van der Waals surface area contributed by atoms with Crippen LogP contribution < -0.4 is 0 Å². The van der Waals surface area contributed by atoms with Crippen LogP contribution in [0.2, 0.25) is 0 Å². The molecule has 1 aliphatic heterocycles. The third-order valence-electron chi connectivity index (χ3n) is 4.10. The fraction of sp³-hybridized carbons (Fsp3) is 0.733. The van der Waals surface area contributed by atoms with Crippen molar-refractivity contribution in [2.45, 2.75) is 45.1 Å². The first kappa shape index (κ1) is 15.0. The molecule has 1 saturated heterocycles. The van der Waals surface area contributed by atoms with Gasteiger partial charge < -0.3 is 14.7 Å². The number of carboxylic acid groups (broad SMARTS) is 1. The summed E-state index contributed by atoms with van der Waals surface area (Å²) >= 11 is 0. The fourth-order valence-corrected chi connectivity index (χ4v) is 2.78. The summed E-state index contributed by atoms with van der Waals surface area (Å²) in [5.41, 5.74) is 1.23. The van der Waals surface area contributed by atoms with E-state index in [-0.39, 0.29) is 18.4 Å². The van der Waals surface area contributed by atoms with Gasteiger partial charge >= 0.3 is 5.97 Å². The summed E-state index contributed by atoms with van der Waals surface area (Å²) in [6.07, 6.45) is 5.67. The fourth-order valence-electron chi connectivity index (χ4n) is 2.78. The van der Waals surface area contributed by atoms with E-state index in [0.717, 1.165) is 31.6 Å². The molecule has 0 bridgehead atoms. The molecule has 0 aromatic heterocycles. The molecule has 1 N–H and O–H groups in total. The highest BCUT2D eigenvalue weighted by Gasteiger charge is 2.25. The van der Waals surface area contributed by atoms with Gasteiger partial charge in [-0.1, -0.05) is 12.5 Å². The molecule has 2 rings (SSSR count). The van der Waals surface area contributed by atoms with Crippen molar-refractivity contribution < 1.29 is 19.4 Å². The molecule has 2 fully saturated rings. The Morgan fingerprint density at radius 1 is 1.40 bits per heavy atom. The van der Waals surface area contributed by atoms with Crippen LogP contribution in [0.3, 0.4) is 0 Å². The highest BCUT2D eigenvalue weighted by atomic mass is 16.5. The van der Waals surface area contributed by atoms with E-state index in [1.165, 1.54) is 5.57 Å². The second kappa shape index (κ2) is 6.88. The average Bonchev–Trinajstić information content (AvgIpc) is 2.41. The third kappa shape index (κ3) is 4.34. The van der Waals surface area contributed by atoms with E-state index in [1.54, 1.807) is 11.0 Å². The van der Waals surface area contributed by atoms with Crippen LogP contribution in [0.1, 0.15) is 39.0 Å². The number of amides is 1. The SMILES string of the molecule is CC1CCC(=CC(=O)N2CCO[C@H](CC(=O)O)C2)CC1. The van der Waals surface area contributed by atoms with Crippen LogP contribution >= 0.6 is 0 Å². The van der Waals surface area contributed by atoms with Gasteiger partial charge in [0.1, 0.15) is 0 Å². The van der Waals surface area contributed by atoms with E-state index in [0.29, 0.717) is 19.7 Å². The van der Waals surface area contributed by atoms with Crippen molar-refractivity contribution in [2.24, 2.45) is 5.92 Å². The number of carbonyl (C=O) groups is 2. The number of rotatable bonds is 3. The molecule has 1 atom stereocenters. The minimum absolute atomic E-state index is 0.00763. The zero-order valence-corrected chi connectivity index (χ0v) is 12.0. The van der Waals surface area contributed by atoms with Gasteiger partial charge in [0.15, 0.2) is 0 Å². The molecular formula is C15H23NO4. The molecule has 2 aliphatic rings. The number of ether oxygens (including phenoxy) is 1. The minimum atomic E-state index is -0.885. The van der Waals surface area contributed by atoms with Crippen molar-refractivity contribution in [3.05, 3.63) is 11.6 Å². The molecular weight excluding hydrogens is 258 g/mol. The standard InChI is InChI=1S/C15H23NO4/c1-11-2-4-12(5-3-11)8-14(17)16-6-7-20-13(10-16)9-15(18)19/h8,11,13H,2-7,9-10H2,1H3,(H,18,19)/t11?,13-/m1/s1. The summed E-state index contributed by atoms with van der Waals surface area (Å²) in [7, 11) is 0. The maximum absolute atomic E-state index is 12.2. The second-order valence-electron chi connectivity index (χ2n) is 5.86. The van der Waals surface area contributed by atoms with Crippen LogP contribution in [0, 0.1) is 5.92 Å². The van der Waals surface area contributed by atoms with Crippen molar-refractivity contribution in [1.82, 2.24) is 4.90 Å². The number of carboxylic acids is 1. The maximum atomic E-state index is 12.2. The smallest absolute Gasteiger partial charge is 0.306 e. The summed E-state index contributed by atoms with van der Waals surface area (Å²) in [5.74, 6) is -0.122. The van der Waals surface area contributed by atoms with Crippen molar-refractivity contribution in [2.75, 3.05) is 19.7 Å². The molecule has 0 aromatic rings. The molecule has 0 radical (unpaired) electrons. The van der Waals surface area contributed by atoms with Gasteiger partial charge in [0, 0.05) is 19.2 Å². The number of morpholine rings is 1. The molecule has 0 spiro atoms. The number of hydrogen-bond donors (Lipinski definition) is 1. The van der Waals surface area contributed by atoms with Crippen LogP contribution in [-0.2, 0) is 14.3 Å². The summed E-state index contributed by atoms with van der Waals surface area (Å²) in [5, 5.41) is 8.78. The van der Waals surface area contributed by atoms with E-state index in [9.17, 15) is 9.59 Å². The Morgan fingerprint density at radius 3 is 2.75 bits per heavy atom. The van der Waals surface area contributed by atoms with Crippen LogP contribution in [0.25, 0.3) is 0 Å². The first-order valence-electron chi connectivity index (χ1n) is 7.36. The minimum Gasteiger partial charge on any atom is -0.481 e. The van der Waals surface area contributed by atoms with Gasteiger partial charge in [0.2, 0.25) is 5.91 Å². The van der Waals surface area contributed by atoms with Crippen LogP contribution in [0.4, 0.5) is 0 Å². The largest absolute Gasteiger partial charge is 0.481 e. The Labute approximate surface area is 119 Å². The van der Waals surface area contributed by atoms with Gasteiger partial charge in [0.25, 0.3) is 0 Å². The van der Waals surface area contributed by atoms with E-state index in [1.807, 2.05) is 0 Å². The summed E-state index contributed by atoms with van der Waals surface area (Å²) in [6, 6.07) is 0. The van der Waals surface area contributed by atoms with Gasteiger partial charge in [-0.25, -0.2) is 0 Å². The quantitative estimate of drug-likeness (QED) is 0.801. The molecule has 112 valence electrons. The number of carbonyl (C=O) groups excluding carboxylic acids is 1. The Morgan fingerprint density at radius 2 is 2.10 bits per heavy atom. The highest BCUT2D eigenvalue weighted by molar-refractivity contribution is 5.88. The van der Waals surface area contributed by atoms with Gasteiger partial charge in [-0.3, -0.25) is 9.59 Å². The van der Waals surface area contributed by atoms with Gasteiger partial charge in [-0.15, -0.1) is 0 Å². The lowest BCUT2D eigenvalue weighted by Crippen LogP contribution is -2.45. The van der Waals surface area contributed by atoms with E-state index in [2.05, 4.69) is 6.92 Å². The topological polar surface area (TPSA) is 66.8 Å². The molecule has 5 nitrogen and oxygen atoms in total. The molecule has 1 saturated carbocycles. The number of aliphatic carboxylic acids is 1. The lowest BCUT2D eigenvalue weighted by molar-refractivity contribution is -0.145. The molecule has 0 unspecified atom stereocenters. The number of nitrogens with zero attached hydrogens (tertiary/aromatic N) is 1. The van der Waals surface area contributed by atoms with Crippen LogP contribution in [-0.4, -0.2) is 47.7 Å². The van der Waals surface area contributed by atoms with Gasteiger partial charge in [0.05, 0.1) is 19.1 Å². The zero-order chi connectivity index (χ0) is 14.5. The number of allylic oxidation sites excluding steroid dienone is 1. The van der Waals surface area contributed by atoms with E-state index in [4.69, 9.17) is 9.84 Å². The lowest BCUT2D eigenvalue weighted by atomic mass is 9.87. The van der Waals surface area contributed by atoms with Crippen molar-refractivity contribution >= 4 is 11.9 Å². The van der Waals surface area contributed by atoms with Crippen molar-refractivity contribution in [3.8, 4) is 0 Å². The Hall–Kier alpha value is -1.36. The second-order valence-corrected chi connectivity index (χ2v) is 5.86. The third-order valence-corrected chi connectivity index (χ3v) is 4.10.